The van der Waals surface area contributed by atoms with Crippen molar-refractivity contribution >= 4 is 22.2 Å². The number of ether oxygens (including phenoxy) is 1. The first kappa shape index (κ1) is 18.8. The molecule has 0 atom stereocenters. The summed E-state index contributed by atoms with van der Waals surface area (Å²) in [5.41, 5.74) is 11.0. The molecule has 0 spiro atoms. The van der Waals surface area contributed by atoms with Crippen LogP contribution in [0.2, 0.25) is 0 Å². The van der Waals surface area contributed by atoms with Crippen LogP contribution in [0.25, 0.3) is 27.7 Å². The summed E-state index contributed by atoms with van der Waals surface area (Å²) in [6.07, 6.45) is 9.11. The topological polar surface area (TPSA) is 78.3 Å². The number of nitrogens with zero attached hydrogens (tertiary/aromatic N) is 4. The lowest BCUT2D eigenvalue weighted by Gasteiger charge is -2.23. The van der Waals surface area contributed by atoms with E-state index in [2.05, 4.69) is 32.6 Å². The fourth-order valence-corrected chi connectivity index (χ4v) is 4.42. The van der Waals surface area contributed by atoms with Crippen molar-refractivity contribution in [2.75, 3.05) is 5.73 Å². The zero-order valence-electron chi connectivity index (χ0n) is 17.6. The first-order chi connectivity index (χ1) is 15.8. The van der Waals surface area contributed by atoms with Crippen LogP contribution >= 0.6 is 0 Å². The summed E-state index contributed by atoms with van der Waals surface area (Å²) < 4.78 is 8.28. The van der Waals surface area contributed by atoms with E-state index >= 15 is 0 Å². The van der Waals surface area contributed by atoms with Crippen LogP contribution < -0.4 is 10.5 Å². The largest absolute Gasteiger partial charge is 0.489 e. The van der Waals surface area contributed by atoms with Gasteiger partial charge < -0.3 is 10.5 Å². The molecule has 1 aliphatic carbocycles. The smallest absolute Gasteiger partial charge is 0.150 e. The third-order valence-corrected chi connectivity index (χ3v) is 6.30. The lowest BCUT2D eigenvalue weighted by atomic mass is 9.85. The van der Waals surface area contributed by atoms with E-state index < -0.39 is 0 Å². The minimum atomic E-state index is 0.443. The molecule has 1 fully saturated rings. The predicted molar refractivity (Wildman–Crippen MR) is 126 cm³/mol. The number of benzene rings is 2. The highest BCUT2D eigenvalue weighted by atomic mass is 16.5. The molecule has 3 heterocycles. The van der Waals surface area contributed by atoms with Crippen LogP contribution in [0.4, 0.5) is 5.82 Å². The Kier molecular flexibility index (Phi) is 4.49. The van der Waals surface area contributed by atoms with E-state index in [9.17, 15) is 0 Å². The number of imidazole rings is 1. The molecule has 1 saturated carbocycles. The van der Waals surface area contributed by atoms with Crippen molar-refractivity contribution in [3.05, 3.63) is 84.6 Å². The van der Waals surface area contributed by atoms with Gasteiger partial charge in [0.1, 0.15) is 35.2 Å². The van der Waals surface area contributed by atoms with Crippen molar-refractivity contribution in [1.29, 1.82) is 0 Å². The highest BCUT2D eigenvalue weighted by molar-refractivity contribution is 5.86. The van der Waals surface area contributed by atoms with Gasteiger partial charge in [0.05, 0.1) is 5.52 Å². The number of hydrogen-bond acceptors (Lipinski definition) is 5. The molecule has 1 aliphatic rings. The summed E-state index contributed by atoms with van der Waals surface area (Å²) in [7, 11) is 0. The highest BCUT2D eigenvalue weighted by Crippen LogP contribution is 2.39. The van der Waals surface area contributed by atoms with Crippen molar-refractivity contribution in [2.45, 2.75) is 31.8 Å². The summed E-state index contributed by atoms with van der Waals surface area (Å²) in [5, 5.41) is 1.11. The number of nitrogen functional groups attached to an aromatic ring is 1. The van der Waals surface area contributed by atoms with Crippen LogP contribution in [0.1, 0.15) is 36.6 Å². The van der Waals surface area contributed by atoms with Crippen molar-refractivity contribution in [3.63, 3.8) is 0 Å². The number of para-hydroxylation sites is 1. The molecule has 6 nitrogen and oxygen atoms in total. The molecule has 0 bridgehead atoms. The van der Waals surface area contributed by atoms with Crippen LogP contribution in [-0.4, -0.2) is 19.4 Å². The highest BCUT2D eigenvalue weighted by Gasteiger charge is 2.26. The Labute approximate surface area is 185 Å². The molecule has 2 aromatic carbocycles. The Morgan fingerprint density at radius 2 is 1.88 bits per heavy atom. The molecule has 32 heavy (non-hydrogen) atoms. The third-order valence-electron chi connectivity index (χ3n) is 6.30. The van der Waals surface area contributed by atoms with E-state index in [4.69, 9.17) is 15.5 Å². The maximum atomic E-state index is 6.28. The molecule has 0 saturated heterocycles. The van der Waals surface area contributed by atoms with Gasteiger partial charge >= 0.3 is 0 Å². The summed E-state index contributed by atoms with van der Waals surface area (Å²) in [5.74, 6) is 2.83. The Morgan fingerprint density at radius 3 is 2.75 bits per heavy atom. The lowest BCUT2D eigenvalue weighted by Crippen LogP contribution is -2.12. The minimum absolute atomic E-state index is 0.443. The monoisotopic (exact) mass is 421 g/mol. The Morgan fingerprint density at radius 1 is 1.00 bits per heavy atom. The first-order valence-corrected chi connectivity index (χ1v) is 11.0. The fourth-order valence-electron chi connectivity index (χ4n) is 4.42. The van der Waals surface area contributed by atoms with Crippen molar-refractivity contribution in [1.82, 2.24) is 19.4 Å². The normalized spacial score (nSPS) is 14.0. The van der Waals surface area contributed by atoms with Gasteiger partial charge in [-0.15, -0.1) is 0 Å². The quantitative estimate of drug-likeness (QED) is 0.413. The van der Waals surface area contributed by atoms with E-state index in [1.54, 1.807) is 6.20 Å². The summed E-state index contributed by atoms with van der Waals surface area (Å²) in [6.45, 7) is 0.443. The number of anilines is 1. The number of fused-ring (bicyclic) bond motifs is 2. The van der Waals surface area contributed by atoms with Gasteiger partial charge in [-0.1, -0.05) is 42.8 Å². The molecular formula is C26H23N5O. The van der Waals surface area contributed by atoms with Gasteiger partial charge in [-0.25, -0.2) is 9.97 Å². The Balaban J connectivity index is 1.35. The van der Waals surface area contributed by atoms with E-state index in [-0.39, 0.29) is 0 Å². The fraction of sp³-hybridized carbons (Fsp3) is 0.192. The lowest BCUT2D eigenvalue weighted by molar-refractivity contribution is 0.307. The van der Waals surface area contributed by atoms with E-state index in [1.807, 2.05) is 48.8 Å². The van der Waals surface area contributed by atoms with Gasteiger partial charge in [-0.3, -0.25) is 9.38 Å². The minimum Gasteiger partial charge on any atom is -0.489 e. The maximum absolute atomic E-state index is 6.28. The number of aromatic nitrogens is 4. The Bertz CT molecular complexity index is 1430. The van der Waals surface area contributed by atoms with Crippen molar-refractivity contribution in [3.8, 4) is 17.0 Å². The molecule has 0 unspecified atom stereocenters. The van der Waals surface area contributed by atoms with Gasteiger partial charge in [-0.05, 0) is 31.0 Å². The molecule has 6 rings (SSSR count). The molecule has 0 amide bonds. The van der Waals surface area contributed by atoms with Crippen LogP contribution in [0.5, 0.6) is 5.75 Å². The van der Waals surface area contributed by atoms with Crippen molar-refractivity contribution < 1.29 is 4.74 Å². The molecule has 5 aromatic rings. The molecule has 2 N–H and O–H groups in total. The van der Waals surface area contributed by atoms with Gasteiger partial charge in [0.2, 0.25) is 0 Å². The second-order valence-electron chi connectivity index (χ2n) is 8.29. The van der Waals surface area contributed by atoms with Crippen LogP contribution in [0, 0.1) is 0 Å². The SMILES string of the molecule is Nc1nccn2c(C3CCC3)nc(-c3cccc(OCc4cccc5cccnc45)c3)c12. The van der Waals surface area contributed by atoms with Gasteiger partial charge in [0, 0.05) is 41.0 Å². The van der Waals surface area contributed by atoms with Crippen LogP contribution in [-0.2, 0) is 6.61 Å². The van der Waals surface area contributed by atoms with Crippen LogP contribution in [0.15, 0.2) is 73.2 Å². The number of nitrogens with two attached hydrogens (primary N) is 1. The molecule has 158 valence electrons. The number of rotatable bonds is 5. The van der Waals surface area contributed by atoms with Crippen LogP contribution in [0.3, 0.4) is 0 Å². The third kappa shape index (κ3) is 3.15. The molecule has 3 aromatic heterocycles. The Hall–Kier alpha value is -3.93. The first-order valence-electron chi connectivity index (χ1n) is 11.0. The van der Waals surface area contributed by atoms with Gasteiger partial charge in [-0.2, -0.15) is 0 Å². The van der Waals surface area contributed by atoms with Gasteiger partial charge in [0.25, 0.3) is 0 Å². The standard InChI is InChI=1S/C26H23N5O/c27-25-24-23(30-26(18-6-2-7-18)31(24)14-13-29-25)19-8-3-11-21(15-19)32-16-20-9-1-5-17-10-4-12-28-22(17)20/h1,3-5,8-15,18H,2,6-7,16H2,(H2,27,29). The van der Waals surface area contributed by atoms with Crippen molar-refractivity contribution in [2.24, 2.45) is 0 Å². The summed E-state index contributed by atoms with van der Waals surface area (Å²) in [6, 6.07) is 18.2. The van der Waals surface area contributed by atoms with E-state index in [0.29, 0.717) is 18.3 Å². The molecule has 6 heteroatoms. The number of hydrogen-bond donors (Lipinski definition) is 1. The van der Waals surface area contributed by atoms with E-state index in [0.717, 1.165) is 44.8 Å². The van der Waals surface area contributed by atoms with Gasteiger partial charge in [0.15, 0.2) is 0 Å². The second kappa shape index (κ2) is 7.64. The molecule has 0 radical (unpaired) electrons. The van der Waals surface area contributed by atoms with E-state index in [1.165, 1.54) is 19.3 Å². The average Bonchev–Trinajstić information content (AvgIpc) is 3.17. The zero-order valence-corrected chi connectivity index (χ0v) is 17.6. The number of pyridine rings is 1. The second-order valence-corrected chi connectivity index (χ2v) is 8.29. The maximum Gasteiger partial charge on any atom is 0.150 e. The predicted octanol–water partition coefficient (Wildman–Crippen LogP) is 5.37. The summed E-state index contributed by atoms with van der Waals surface area (Å²) >= 11 is 0. The zero-order chi connectivity index (χ0) is 21.5. The summed E-state index contributed by atoms with van der Waals surface area (Å²) in [4.78, 5) is 13.9. The molecule has 0 aliphatic heterocycles. The molecular weight excluding hydrogens is 398 g/mol. The average molecular weight is 422 g/mol.